The number of nitrogens with one attached hydrogen (secondary N) is 2. The lowest BCUT2D eigenvalue weighted by molar-refractivity contribution is -0.118. The fraction of sp³-hybridized carbons (Fsp3) is 0.571. The van der Waals surface area contributed by atoms with Gasteiger partial charge >= 0.3 is 8.25 Å². The van der Waals surface area contributed by atoms with E-state index in [0.29, 0.717) is 0 Å². The third-order valence-corrected chi connectivity index (χ3v) is 4.63. The maximum Gasteiger partial charge on any atom is 0.317 e. The van der Waals surface area contributed by atoms with Crippen LogP contribution in [0.4, 0.5) is 10.3 Å². The van der Waals surface area contributed by atoms with Gasteiger partial charge in [-0.3, -0.25) is 33.5 Å². The maximum absolute atomic E-state index is 14.5. The van der Waals surface area contributed by atoms with Crippen molar-refractivity contribution in [3.63, 3.8) is 0 Å². The van der Waals surface area contributed by atoms with Crippen molar-refractivity contribution in [1.29, 1.82) is 0 Å². The summed E-state index contributed by atoms with van der Waals surface area (Å²) >= 11 is 0. The van der Waals surface area contributed by atoms with Crippen LogP contribution >= 0.6 is 8.25 Å². The van der Waals surface area contributed by atoms with Crippen LogP contribution in [0.3, 0.4) is 0 Å². The Labute approximate surface area is 157 Å². The van der Waals surface area contributed by atoms with Crippen LogP contribution in [0, 0.1) is 5.92 Å². The fourth-order valence-electron chi connectivity index (χ4n) is 2.74. The van der Waals surface area contributed by atoms with E-state index in [1.54, 1.807) is 13.8 Å². The van der Waals surface area contributed by atoms with Crippen molar-refractivity contribution >= 4 is 31.3 Å². The van der Waals surface area contributed by atoms with Crippen LogP contribution < -0.4 is 10.9 Å². The molecular formula is C14H19FN5O7P. The summed E-state index contributed by atoms with van der Waals surface area (Å²) in [5.41, 5.74) is -0.848. The van der Waals surface area contributed by atoms with Crippen molar-refractivity contribution in [2.24, 2.45) is 5.92 Å². The molecule has 0 aromatic carbocycles. The first-order valence-corrected chi connectivity index (χ1v) is 9.57. The fourth-order valence-corrected chi connectivity index (χ4v) is 3.22. The molecule has 14 heteroatoms. The van der Waals surface area contributed by atoms with Gasteiger partial charge in [-0.2, -0.15) is 4.98 Å². The lowest BCUT2D eigenvalue weighted by atomic mass is 10.1. The van der Waals surface area contributed by atoms with Crippen molar-refractivity contribution in [1.82, 2.24) is 19.5 Å². The molecule has 3 rings (SSSR count). The molecule has 0 saturated carbocycles. The quantitative estimate of drug-likeness (QED) is 0.460. The molecule has 1 saturated heterocycles. The normalized spacial score (nSPS) is 26.1. The summed E-state index contributed by atoms with van der Waals surface area (Å²) in [4.78, 5) is 43.5. The Balaban J connectivity index is 2.04. The Hall–Kier alpha value is -2.18. The SMILES string of the molecule is CC(C)C(=O)Nc1nc2c(ncn2[C@@H]2O[C@H](CO)[C@H](F)[C@H]2O[PH](=O)O)c(=O)[nH]1. The minimum absolute atomic E-state index is 0.0650. The zero-order valence-electron chi connectivity index (χ0n) is 14.8. The van der Waals surface area contributed by atoms with E-state index in [1.165, 1.54) is 0 Å². The van der Waals surface area contributed by atoms with Gasteiger partial charge in [-0.15, -0.1) is 0 Å². The highest BCUT2D eigenvalue weighted by molar-refractivity contribution is 7.32. The van der Waals surface area contributed by atoms with Gasteiger partial charge < -0.3 is 14.7 Å². The Bertz CT molecular complexity index is 963. The van der Waals surface area contributed by atoms with Gasteiger partial charge in [-0.25, -0.2) is 9.37 Å². The summed E-state index contributed by atoms with van der Waals surface area (Å²) in [5, 5.41) is 11.7. The molecule has 0 bridgehead atoms. The van der Waals surface area contributed by atoms with E-state index in [0.717, 1.165) is 10.9 Å². The molecule has 0 spiro atoms. The number of aliphatic hydroxyl groups excluding tert-OH is 1. The molecule has 0 aliphatic carbocycles. The predicted octanol–water partition coefficient (Wildman–Crippen LogP) is -0.291. The smallest absolute Gasteiger partial charge is 0.317 e. The van der Waals surface area contributed by atoms with E-state index >= 15 is 0 Å². The number of aromatic nitrogens is 4. The van der Waals surface area contributed by atoms with Gasteiger partial charge in [-0.05, 0) is 0 Å². The number of halogens is 1. The second-order valence-electron chi connectivity index (χ2n) is 6.42. The maximum atomic E-state index is 14.5. The van der Waals surface area contributed by atoms with E-state index in [2.05, 4.69) is 20.3 Å². The standard InChI is InChI=1S/C14H19FN5O7P/c1-5(2)11(22)18-14-17-10-8(12(23)19-14)16-4-20(10)13-9(27-28(24)25)7(15)6(3-21)26-13/h4-7,9,13,21,28H,3H2,1-2H3,(H,24,25)(H2,17,18,19,22,23)/t6-,7+,9-,13-/m1/s1. The molecule has 12 nitrogen and oxygen atoms in total. The summed E-state index contributed by atoms with van der Waals surface area (Å²) in [6.07, 6.45) is -4.95. The number of alkyl halides is 1. The number of hydrogen-bond donors (Lipinski definition) is 4. The number of anilines is 1. The van der Waals surface area contributed by atoms with E-state index in [4.69, 9.17) is 14.2 Å². The van der Waals surface area contributed by atoms with Gasteiger partial charge in [0.25, 0.3) is 5.56 Å². The summed E-state index contributed by atoms with van der Waals surface area (Å²) in [6.45, 7) is 2.61. The van der Waals surface area contributed by atoms with Crippen LogP contribution in [0.25, 0.3) is 11.2 Å². The molecule has 5 atom stereocenters. The second kappa shape index (κ2) is 8.05. The summed E-state index contributed by atoms with van der Waals surface area (Å²) in [5.74, 6) is -0.920. The molecule has 2 aromatic heterocycles. The molecule has 1 aliphatic heterocycles. The molecule has 28 heavy (non-hydrogen) atoms. The van der Waals surface area contributed by atoms with Gasteiger partial charge in [0.05, 0.1) is 12.9 Å². The molecule has 1 fully saturated rings. The van der Waals surface area contributed by atoms with Crippen molar-refractivity contribution in [2.45, 2.75) is 38.5 Å². The number of nitrogens with zero attached hydrogens (tertiary/aromatic N) is 3. The van der Waals surface area contributed by atoms with Crippen LogP contribution in [0.1, 0.15) is 20.1 Å². The summed E-state index contributed by atoms with van der Waals surface area (Å²) in [7, 11) is -3.53. The average Bonchev–Trinajstić information content (AvgIpc) is 3.16. The second-order valence-corrected chi connectivity index (χ2v) is 7.19. The lowest BCUT2D eigenvalue weighted by Gasteiger charge is -2.19. The van der Waals surface area contributed by atoms with E-state index in [1.807, 2.05) is 0 Å². The Morgan fingerprint density at radius 3 is 2.89 bits per heavy atom. The molecular weight excluding hydrogens is 400 g/mol. The van der Waals surface area contributed by atoms with Crippen molar-refractivity contribution in [3.8, 4) is 0 Å². The molecule has 1 amide bonds. The molecule has 4 N–H and O–H groups in total. The number of amides is 1. The highest BCUT2D eigenvalue weighted by Gasteiger charge is 2.48. The Morgan fingerprint density at radius 1 is 1.57 bits per heavy atom. The average molecular weight is 419 g/mol. The molecule has 1 unspecified atom stereocenters. The van der Waals surface area contributed by atoms with Crippen LogP contribution in [0.15, 0.2) is 11.1 Å². The Kier molecular flexibility index (Phi) is 5.91. The first-order chi connectivity index (χ1) is 13.2. The number of rotatable bonds is 6. The molecule has 2 aromatic rings. The zero-order valence-corrected chi connectivity index (χ0v) is 15.8. The van der Waals surface area contributed by atoms with E-state index in [-0.39, 0.29) is 23.0 Å². The largest absolute Gasteiger partial charge is 0.394 e. The van der Waals surface area contributed by atoms with Crippen molar-refractivity contribution in [2.75, 3.05) is 11.9 Å². The monoisotopic (exact) mass is 419 g/mol. The molecule has 0 radical (unpaired) electrons. The van der Waals surface area contributed by atoms with Gasteiger partial charge in [-0.1, -0.05) is 13.8 Å². The summed E-state index contributed by atoms with van der Waals surface area (Å²) in [6, 6.07) is 0. The number of imidazole rings is 1. The molecule has 3 heterocycles. The number of carbonyl (C=O) groups excluding carboxylic acids is 1. The van der Waals surface area contributed by atoms with Crippen LogP contribution in [-0.2, 0) is 18.6 Å². The molecule has 1 aliphatic rings. The number of hydrogen-bond acceptors (Lipinski definition) is 8. The van der Waals surface area contributed by atoms with Gasteiger partial charge in [0.2, 0.25) is 11.9 Å². The number of aliphatic hydroxyl groups is 1. The number of fused-ring (bicyclic) bond motifs is 1. The van der Waals surface area contributed by atoms with Crippen LogP contribution in [0.2, 0.25) is 0 Å². The highest BCUT2D eigenvalue weighted by Crippen LogP contribution is 2.39. The predicted molar refractivity (Wildman–Crippen MR) is 93.6 cm³/mol. The summed E-state index contributed by atoms with van der Waals surface area (Å²) < 4.78 is 36.8. The third kappa shape index (κ3) is 3.84. The number of H-pyrrole nitrogens is 1. The number of aromatic amines is 1. The van der Waals surface area contributed by atoms with Gasteiger partial charge in [0.1, 0.15) is 12.2 Å². The highest BCUT2D eigenvalue weighted by atomic mass is 31.1. The zero-order chi connectivity index (χ0) is 20.6. The van der Waals surface area contributed by atoms with Crippen molar-refractivity contribution < 1.29 is 33.0 Å². The van der Waals surface area contributed by atoms with Crippen LogP contribution in [0.5, 0.6) is 0 Å². The van der Waals surface area contributed by atoms with E-state index < -0.39 is 50.9 Å². The topological polar surface area (TPSA) is 169 Å². The van der Waals surface area contributed by atoms with E-state index in [9.17, 15) is 23.7 Å². The first-order valence-electron chi connectivity index (χ1n) is 8.30. The lowest BCUT2D eigenvalue weighted by Crippen LogP contribution is -2.30. The van der Waals surface area contributed by atoms with Gasteiger partial charge in [0, 0.05) is 5.92 Å². The van der Waals surface area contributed by atoms with Crippen molar-refractivity contribution in [3.05, 3.63) is 16.7 Å². The minimum atomic E-state index is -3.53. The number of ether oxygens (including phenoxy) is 1. The van der Waals surface area contributed by atoms with Gasteiger partial charge in [0.15, 0.2) is 23.6 Å². The Morgan fingerprint density at radius 2 is 2.29 bits per heavy atom. The molecule has 154 valence electrons. The number of carbonyl (C=O) groups is 1. The first kappa shape index (κ1) is 20.6. The third-order valence-electron chi connectivity index (χ3n) is 4.15. The van der Waals surface area contributed by atoms with Crippen LogP contribution in [-0.4, -0.2) is 60.4 Å². The minimum Gasteiger partial charge on any atom is -0.394 e.